The molecule has 20 heavy (non-hydrogen) atoms. The number of aromatic nitrogens is 3. The summed E-state index contributed by atoms with van der Waals surface area (Å²) in [5.74, 6) is 0.588. The Bertz CT molecular complexity index is 747. The van der Waals surface area contributed by atoms with Gasteiger partial charge in [-0.3, -0.25) is 0 Å². The molecule has 0 aliphatic rings. The summed E-state index contributed by atoms with van der Waals surface area (Å²) in [6.45, 7) is 4.69. The van der Waals surface area contributed by atoms with Gasteiger partial charge in [0.2, 0.25) is 0 Å². The van der Waals surface area contributed by atoms with Crippen LogP contribution in [0.4, 0.5) is 0 Å². The van der Waals surface area contributed by atoms with Crippen molar-refractivity contribution in [1.82, 2.24) is 14.8 Å². The lowest BCUT2D eigenvalue weighted by Gasteiger charge is -2.07. The number of hydrogen-bond donors (Lipinski definition) is 0. The molecule has 0 spiro atoms. The zero-order valence-electron chi connectivity index (χ0n) is 11.9. The molecule has 0 amide bonds. The molecule has 0 atom stereocenters. The fraction of sp³-hybridized carbons (Fsp3) is 0.250. The van der Waals surface area contributed by atoms with E-state index in [1.54, 1.807) is 6.20 Å². The van der Waals surface area contributed by atoms with E-state index in [9.17, 15) is 0 Å². The van der Waals surface area contributed by atoms with E-state index in [-0.39, 0.29) is 0 Å². The van der Waals surface area contributed by atoms with Gasteiger partial charge in [-0.15, -0.1) is 5.10 Å². The Balaban J connectivity index is 1.98. The maximum absolute atomic E-state index is 5.86. The maximum atomic E-state index is 5.86. The maximum Gasteiger partial charge on any atom is 0.258 e. The first kappa shape index (κ1) is 12.7. The smallest absolute Gasteiger partial charge is 0.258 e. The molecule has 0 radical (unpaired) electrons. The summed E-state index contributed by atoms with van der Waals surface area (Å²) in [5, 5.41) is 9.30. The highest BCUT2D eigenvalue weighted by atomic mass is 16.5. The zero-order valence-corrected chi connectivity index (χ0v) is 11.9. The number of aryl methyl sites for hydroxylation is 2. The molecule has 4 heteroatoms. The lowest BCUT2D eigenvalue weighted by molar-refractivity contribution is 0.293. The molecular weight excluding hydrogens is 250 g/mol. The van der Waals surface area contributed by atoms with Crippen LogP contribution in [0, 0.1) is 13.8 Å². The van der Waals surface area contributed by atoms with Crippen molar-refractivity contribution in [3.05, 3.63) is 53.3 Å². The van der Waals surface area contributed by atoms with E-state index in [0.717, 1.165) is 16.5 Å². The van der Waals surface area contributed by atoms with Crippen molar-refractivity contribution >= 4 is 10.9 Å². The molecule has 2 aromatic heterocycles. The Labute approximate surface area is 118 Å². The molecule has 0 N–H and O–H groups in total. The highest BCUT2D eigenvalue weighted by molar-refractivity contribution is 5.87. The second kappa shape index (κ2) is 4.96. The molecule has 0 saturated heterocycles. The minimum Gasteiger partial charge on any atom is -0.470 e. The Hall–Kier alpha value is -2.36. The third-order valence-electron chi connectivity index (χ3n) is 3.80. The van der Waals surface area contributed by atoms with Gasteiger partial charge in [-0.05, 0) is 25.0 Å². The van der Waals surface area contributed by atoms with Gasteiger partial charge in [0, 0.05) is 18.1 Å². The number of rotatable bonds is 3. The van der Waals surface area contributed by atoms with Crippen LogP contribution in [0.2, 0.25) is 0 Å². The summed E-state index contributed by atoms with van der Waals surface area (Å²) in [4.78, 5) is 0. The van der Waals surface area contributed by atoms with Crippen LogP contribution in [0.25, 0.3) is 10.9 Å². The molecule has 102 valence electrons. The minimum absolute atomic E-state index is 0.498. The van der Waals surface area contributed by atoms with E-state index in [1.807, 2.05) is 37.4 Å². The second-order valence-electron chi connectivity index (χ2n) is 4.96. The summed E-state index contributed by atoms with van der Waals surface area (Å²) in [5.41, 5.74) is 4.56. The summed E-state index contributed by atoms with van der Waals surface area (Å²) >= 11 is 0. The molecule has 4 nitrogen and oxygen atoms in total. The summed E-state index contributed by atoms with van der Waals surface area (Å²) in [6.07, 6.45) is 1.80. The predicted octanol–water partition coefficient (Wildman–Crippen LogP) is 3.16. The van der Waals surface area contributed by atoms with Gasteiger partial charge >= 0.3 is 0 Å². The lowest BCUT2D eigenvalue weighted by Crippen LogP contribution is -2.01. The highest BCUT2D eigenvalue weighted by Crippen LogP contribution is 2.29. The van der Waals surface area contributed by atoms with Crippen LogP contribution in [0.3, 0.4) is 0 Å². The van der Waals surface area contributed by atoms with Gasteiger partial charge in [-0.25, -0.2) is 0 Å². The first-order valence-corrected chi connectivity index (χ1v) is 6.62. The standard InChI is InChI=1S/C16H17N3O/c1-11-12(2)19(3)15-14(11)9-17-18-16(15)20-10-13-7-5-4-6-8-13/h4-9H,10H2,1-3H3. The average Bonchev–Trinajstić information content (AvgIpc) is 2.72. The fourth-order valence-electron chi connectivity index (χ4n) is 2.40. The summed E-state index contributed by atoms with van der Waals surface area (Å²) in [7, 11) is 2.03. The third-order valence-corrected chi connectivity index (χ3v) is 3.80. The van der Waals surface area contributed by atoms with Crippen molar-refractivity contribution < 1.29 is 4.74 Å². The van der Waals surface area contributed by atoms with E-state index < -0.39 is 0 Å². The van der Waals surface area contributed by atoms with E-state index in [1.165, 1.54) is 11.3 Å². The molecule has 0 aliphatic heterocycles. The Morgan fingerprint density at radius 1 is 1.15 bits per heavy atom. The van der Waals surface area contributed by atoms with Gasteiger partial charge < -0.3 is 9.30 Å². The average molecular weight is 267 g/mol. The molecule has 1 aromatic carbocycles. The number of benzene rings is 1. The summed E-state index contributed by atoms with van der Waals surface area (Å²) in [6, 6.07) is 10.1. The van der Waals surface area contributed by atoms with Crippen molar-refractivity contribution in [3.63, 3.8) is 0 Å². The second-order valence-corrected chi connectivity index (χ2v) is 4.96. The minimum atomic E-state index is 0.498. The van der Waals surface area contributed by atoms with Crippen molar-refractivity contribution in [2.75, 3.05) is 0 Å². The van der Waals surface area contributed by atoms with Gasteiger partial charge in [0.15, 0.2) is 0 Å². The van der Waals surface area contributed by atoms with E-state index in [0.29, 0.717) is 12.5 Å². The third kappa shape index (κ3) is 2.03. The molecule has 0 bridgehead atoms. The van der Waals surface area contributed by atoms with Crippen molar-refractivity contribution in [1.29, 1.82) is 0 Å². The van der Waals surface area contributed by atoms with Crippen LogP contribution >= 0.6 is 0 Å². The molecule has 0 unspecified atom stereocenters. The quantitative estimate of drug-likeness (QED) is 0.731. The van der Waals surface area contributed by atoms with Crippen molar-refractivity contribution in [2.45, 2.75) is 20.5 Å². The fourth-order valence-corrected chi connectivity index (χ4v) is 2.40. The van der Waals surface area contributed by atoms with Crippen LogP contribution in [-0.2, 0) is 13.7 Å². The topological polar surface area (TPSA) is 39.9 Å². The normalized spacial score (nSPS) is 10.9. The van der Waals surface area contributed by atoms with E-state index >= 15 is 0 Å². The number of nitrogens with zero attached hydrogens (tertiary/aromatic N) is 3. The molecular formula is C16H17N3O. The predicted molar refractivity (Wildman–Crippen MR) is 78.8 cm³/mol. The lowest BCUT2D eigenvalue weighted by atomic mass is 10.2. The summed E-state index contributed by atoms with van der Waals surface area (Å²) < 4.78 is 7.97. The van der Waals surface area contributed by atoms with Gasteiger partial charge in [-0.2, -0.15) is 5.10 Å². The number of hydrogen-bond acceptors (Lipinski definition) is 3. The Morgan fingerprint density at radius 3 is 2.65 bits per heavy atom. The molecule has 0 aliphatic carbocycles. The molecule has 3 rings (SSSR count). The van der Waals surface area contributed by atoms with Crippen LogP contribution in [0.15, 0.2) is 36.5 Å². The van der Waals surface area contributed by atoms with Crippen molar-refractivity contribution in [2.24, 2.45) is 7.05 Å². The molecule has 2 heterocycles. The SMILES string of the molecule is Cc1c(C)n(C)c2c(OCc3ccccc3)nncc12. The monoisotopic (exact) mass is 267 g/mol. The van der Waals surface area contributed by atoms with Crippen LogP contribution < -0.4 is 4.74 Å². The first-order valence-electron chi connectivity index (χ1n) is 6.62. The first-order chi connectivity index (χ1) is 9.68. The largest absolute Gasteiger partial charge is 0.470 e. The Kier molecular flexibility index (Phi) is 3.14. The van der Waals surface area contributed by atoms with E-state index in [2.05, 4.69) is 28.6 Å². The van der Waals surface area contributed by atoms with Crippen LogP contribution in [0.1, 0.15) is 16.8 Å². The zero-order chi connectivity index (χ0) is 14.1. The molecule has 3 aromatic rings. The van der Waals surface area contributed by atoms with Crippen LogP contribution in [-0.4, -0.2) is 14.8 Å². The highest BCUT2D eigenvalue weighted by Gasteiger charge is 2.14. The number of fused-ring (bicyclic) bond motifs is 1. The Morgan fingerprint density at radius 2 is 1.90 bits per heavy atom. The van der Waals surface area contributed by atoms with Crippen molar-refractivity contribution in [3.8, 4) is 5.88 Å². The van der Waals surface area contributed by atoms with Crippen LogP contribution in [0.5, 0.6) is 5.88 Å². The van der Waals surface area contributed by atoms with Gasteiger partial charge in [0.05, 0.1) is 6.20 Å². The number of ether oxygens (including phenoxy) is 1. The van der Waals surface area contributed by atoms with Gasteiger partial charge in [0.25, 0.3) is 5.88 Å². The van der Waals surface area contributed by atoms with E-state index in [4.69, 9.17) is 4.74 Å². The molecule has 0 fully saturated rings. The van der Waals surface area contributed by atoms with Gasteiger partial charge in [0.1, 0.15) is 12.1 Å². The molecule has 0 saturated carbocycles. The van der Waals surface area contributed by atoms with Gasteiger partial charge in [-0.1, -0.05) is 30.3 Å².